The molecule has 1 atom stereocenters. The first-order valence-corrected chi connectivity index (χ1v) is 5.30. The number of hydrogen-bond acceptors (Lipinski definition) is 2. The van der Waals surface area contributed by atoms with Gasteiger partial charge in [0, 0.05) is 11.6 Å². The summed E-state index contributed by atoms with van der Waals surface area (Å²) in [5.74, 6) is 0.758. The minimum atomic E-state index is -0.392. The third-order valence-corrected chi connectivity index (χ3v) is 2.68. The molecule has 82 valence electrons. The number of hydrogen-bond donors (Lipinski definition) is 1. The largest absolute Gasteiger partial charge is 0.496 e. The van der Waals surface area contributed by atoms with Crippen LogP contribution in [0.2, 0.25) is 0 Å². The zero-order valence-electron chi connectivity index (χ0n) is 8.87. The molecular weight excluding hydrogens is 193 g/mol. The number of benzene rings is 1. The smallest absolute Gasteiger partial charge is 0.123 e. The summed E-state index contributed by atoms with van der Waals surface area (Å²) in [6, 6.07) is 7.86. The Labute approximate surface area is 89.4 Å². The van der Waals surface area contributed by atoms with E-state index in [9.17, 15) is 4.39 Å². The van der Waals surface area contributed by atoms with E-state index in [-0.39, 0.29) is 6.04 Å². The van der Waals surface area contributed by atoms with E-state index < -0.39 is 6.67 Å². The molecule has 1 saturated carbocycles. The zero-order chi connectivity index (χ0) is 10.7. The molecule has 1 N–H and O–H groups in total. The van der Waals surface area contributed by atoms with Crippen molar-refractivity contribution in [3.63, 3.8) is 0 Å². The van der Waals surface area contributed by atoms with Crippen LogP contribution in [0, 0.1) is 0 Å². The fraction of sp³-hybridized carbons (Fsp3) is 0.500. The summed E-state index contributed by atoms with van der Waals surface area (Å²) >= 11 is 0. The maximum atomic E-state index is 12.9. The van der Waals surface area contributed by atoms with Crippen molar-refractivity contribution in [2.45, 2.75) is 24.9 Å². The van der Waals surface area contributed by atoms with E-state index >= 15 is 0 Å². The van der Waals surface area contributed by atoms with Crippen molar-refractivity contribution < 1.29 is 9.13 Å². The van der Waals surface area contributed by atoms with Gasteiger partial charge in [-0.25, -0.2) is 4.39 Å². The standard InChI is InChI=1S/C12H16FNO/c1-15-12-5-3-2-4-10(12)11(8-13)14-9-6-7-9/h2-5,9,11,14H,6-8H2,1H3. The summed E-state index contributed by atoms with van der Waals surface area (Å²) < 4.78 is 18.2. The van der Waals surface area contributed by atoms with Crippen LogP contribution in [-0.4, -0.2) is 19.8 Å². The molecule has 1 aliphatic carbocycles. The first kappa shape index (κ1) is 10.4. The molecule has 1 fully saturated rings. The molecule has 0 amide bonds. The Morgan fingerprint density at radius 1 is 1.47 bits per heavy atom. The van der Waals surface area contributed by atoms with Crippen LogP contribution in [0.5, 0.6) is 5.75 Å². The number of alkyl halides is 1. The summed E-state index contributed by atoms with van der Waals surface area (Å²) in [5, 5.41) is 3.28. The summed E-state index contributed by atoms with van der Waals surface area (Å²) in [6.45, 7) is -0.392. The lowest BCUT2D eigenvalue weighted by molar-refractivity contribution is 0.357. The van der Waals surface area contributed by atoms with Crippen molar-refractivity contribution in [3.8, 4) is 5.75 Å². The van der Waals surface area contributed by atoms with Gasteiger partial charge in [0.1, 0.15) is 12.4 Å². The van der Waals surface area contributed by atoms with E-state index in [1.807, 2.05) is 24.3 Å². The normalized spacial score (nSPS) is 17.5. The molecule has 0 saturated heterocycles. The van der Waals surface area contributed by atoms with Gasteiger partial charge in [-0.15, -0.1) is 0 Å². The summed E-state index contributed by atoms with van der Waals surface area (Å²) in [6.07, 6.45) is 2.32. The van der Waals surface area contributed by atoms with Crippen molar-refractivity contribution >= 4 is 0 Å². The zero-order valence-corrected chi connectivity index (χ0v) is 8.87. The van der Waals surface area contributed by atoms with E-state index in [4.69, 9.17) is 4.74 Å². The van der Waals surface area contributed by atoms with E-state index in [0.29, 0.717) is 6.04 Å². The van der Waals surface area contributed by atoms with Crippen molar-refractivity contribution in [3.05, 3.63) is 29.8 Å². The molecular formula is C12H16FNO. The van der Waals surface area contributed by atoms with Gasteiger partial charge in [0.15, 0.2) is 0 Å². The molecule has 15 heavy (non-hydrogen) atoms. The van der Waals surface area contributed by atoms with E-state index in [0.717, 1.165) is 24.2 Å². The van der Waals surface area contributed by atoms with Gasteiger partial charge >= 0.3 is 0 Å². The molecule has 0 aromatic heterocycles. The highest BCUT2D eigenvalue weighted by molar-refractivity contribution is 5.36. The van der Waals surface area contributed by atoms with Gasteiger partial charge in [-0.2, -0.15) is 0 Å². The van der Waals surface area contributed by atoms with Gasteiger partial charge in [-0.1, -0.05) is 18.2 Å². The van der Waals surface area contributed by atoms with Crippen LogP contribution in [0.3, 0.4) is 0 Å². The second-order valence-electron chi connectivity index (χ2n) is 3.89. The fourth-order valence-electron chi connectivity index (χ4n) is 1.71. The Morgan fingerprint density at radius 2 is 2.20 bits per heavy atom. The highest BCUT2D eigenvalue weighted by atomic mass is 19.1. The fourth-order valence-corrected chi connectivity index (χ4v) is 1.71. The molecule has 3 heteroatoms. The highest BCUT2D eigenvalue weighted by Gasteiger charge is 2.26. The maximum absolute atomic E-state index is 12.9. The summed E-state index contributed by atoms with van der Waals surface area (Å²) in [5.41, 5.74) is 0.911. The van der Waals surface area contributed by atoms with Crippen molar-refractivity contribution in [1.82, 2.24) is 5.32 Å². The lowest BCUT2D eigenvalue weighted by Crippen LogP contribution is -2.25. The lowest BCUT2D eigenvalue weighted by atomic mass is 10.1. The van der Waals surface area contributed by atoms with Gasteiger partial charge in [0.2, 0.25) is 0 Å². The van der Waals surface area contributed by atoms with Gasteiger partial charge < -0.3 is 10.1 Å². The molecule has 1 aromatic rings. The SMILES string of the molecule is COc1ccccc1C(CF)NC1CC1. The molecule has 2 rings (SSSR count). The Hall–Kier alpha value is -1.09. The third kappa shape index (κ3) is 2.48. The van der Waals surface area contributed by atoms with Crippen molar-refractivity contribution in [1.29, 1.82) is 0 Å². The predicted molar refractivity (Wildman–Crippen MR) is 57.9 cm³/mol. The molecule has 0 aliphatic heterocycles. The Balaban J connectivity index is 2.15. The average molecular weight is 209 g/mol. The number of para-hydroxylation sites is 1. The van der Waals surface area contributed by atoms with Gasteiger partial charge in [0.05, 0.1) is 13.2 Å². The quantitative estimate of drug-likeness (QED) is 0.804. The van der Waals surface area contributed by atoms with Crippen molar-refractivity contribution in [2.75, 3.05) is 13.8 Å². The molecule has 1 aliphatic rings. The molecule has 1 aromatic carbocycles. The molecule has 0 bridgehead atoms. The van der Waals surface area contributed by atoms with Crippen molar-refractivity contribution in [2.24, 2.45) is 0 Å². The van der Waals surface area contributed by atoms with Crippen LogP contribution < -0.4 is 10.1 Å². The summed E-state index contributed by atoms with van der Waals surface area (Å²) in [4.78, 5) is 0. The van der Waals surface area contributed by atoms with E-state index in [1.54, 1.807) is 7.11 Å². The molecule has 0 spiro atoms. The Morgan fingerprint density at radius 3 is 2.80 bits per heavy atom. The highest BCUT2D eigenvalue weighted by Crippen LogP contribution is 2.29. The molecule has 2 nitrogen and oxygen atoms in total. The Bertz CT molecular complexity index is 325. The van der Waals surface area contributed by atoms with Gasteiger partial charge in [-0.05, 0) is 18.9 Å². The number of ether oxygens (including phenoxy) is 1. The predicted octanol–water partition coefficient (Wildman–Crippen LogP) is 2.46. The third-order valence-electron chi connectivity index (χ3n) is 2.68. The Kier molecular flexibility index (Phi) is 3.21. The van der Waals surface area contributed by atoms with Crippen LogP contribution in [0.25, 0.3) is 0 Å². The molecule has 1 unspecified atom stereocenters. The number of rotatable bonds is 5. The number of methoxy groups -OCH3 is 1. The van der Waals surface area contributed by atoms with Crippen LogP contribution in [-0.2, 0) is 0 Å². The minimum absolute atomic E-state index is 0.228. The number of nitrogens with one attached hydrogen (secondary N) is 1. The molecule has 0 heterocycles. The van der Waals surface area contributed by atoms with Crippen LogP contribution in [0.15, 0.2) is 24.3 Å². The second kappa shape index (κ2) is 4.62. The monoisotopic (exact) mass is 209 g/mol. The van der Waals surface area contributed by atoms with Crippen LogP contribution in [0.1, 0.15) is 24.4 Å². The van der Waals surface area contributed by atoms with Gasteiger partial charge in [0.25, 0.3) is 0 Å². The number of halogens is 1. The maximum Gasteiger partial charge on any atom is 0.123 e. The first-order chi connectivity index (χ1) is 7.35. The molecule has 0 radical (unpaired) electrons. The van der Waals surface area contributed by atoms with E-state index in [1.165, 1.54) is 0 Å². The van der Waals surface area contributed by atoms with Crippen LogP contribution in [0.4, 0.5) is 4.39 Å². The average Bonchev–Trinajstić information content (AvgIpc) is 3.10. The summed E-state index contributed by atoms with van der Waals surface area (Å²) in [7, 11) is 1.62. The second-order valence-corrected chi connectivity index (χ2v) is 3.89. The minimum Gasteiger partial charge on any atom is -0.496 e. The van der Waals surface area contributed by atoms with E-state index in [2.05, 4.69) is 5.32 Å². The first-order valence-electron chi connectivity index (χ1n) is 5.30. The van der Waals surface area contributed by atoms with Gasteiger partial charge in [-0.3, -0.25) is 0 Å². The lowest BCUT2D eigenvalue weighted by Gasteiger charge is -2.18. The topological polar surface area (TPSA) is 21.3 Å². The van der Waals surface area contributed by atoms with Crippen LogP contribution >= 0.6 is 0 Å².